The smallest absolute Gasteiger partial charge is 0.404 e. The molecule has 5 amide bonds. The van der Waals surface area contributed by atoms with Crippen LogP contribution in [0.2, 0.25) is 0 Å². The van der Waals surface area contributed by atoms with E-state index < -0.39 is 71.6 Å². The van der Waals surface area contributed by atoms with Gasteiger partial charge in [0.1, 0.15) is 19.3 Å². The summed E-state index contributed by atoms with van der Waals surface area (Å²) in [5, 5.41) is 15.2. The molecule has 14 nitrogen and oxygen atoms in total. The fourth-order valence-corrected chi connectivity index (χ4v) is 5.50. The molecule has 2 aromatic carbocycles. The Morgan fingerprint density at radius 3 is 1.86 bits per heavy atom. The molecule has 0 spiro atoms. The molecule has 2 aliphatic rings. The number of carbonyl (C=O) groups excluding carboxylic acids is 5. The van der Waals surface area contributed by atoms with Gasteiger partial charge in [-0.15, -0.1) is 0 Å². The summed E-state index contributed by atoms with van der Waals surface area (Å²) in [4.78, 5) is 76.6. The number of ether oxygens (including phenoxy) is 2. The second-order valence-electron chi connectivity index (χ2n) is 10.4. The number of likely N-dealkylation sites (tertiary alicyclic amines) is 1. The molecule has 0 bridgehead atoms. The molecule has 0 aromatic heterocycles. The Balaban J connectivity index is 1.57. The molecular formula is C30H33N5O9. The Morgan fingerprint density at radius 1 is 0.841 bits per heavy atom. The van der Waals surface area contributed by atoms with Gasteiger partial charge in [0.15, 0.2) is 6.04 Å². The summed E-state index contributed by atoms with van der Waals surface area (Å²) in [5.74, 6) is -7.13. The Bertz CT molecular complexity index is 1420. The number of primary amides is 2. The van der Waals surface area contributed by atoms with E-state index in [-0.39, 0.29) is 26.3 Å². The Labute approximate surface area is 252 Å². The molecule has 44 heavy (non-hydrogen) atoms. The van der Waals surface area contributed by atoms with Gasteiger partial charge < -0.3 is 41.6 Å². The zero-order chi connectivity index (χ0) is 31.8. The van der Waals surface area contributed by atoms with Gasteiger partial charge in [0.05, 0.1) is 18.4 Å². The zero-order valence-corrected chi connectivity index (χ0v) is 23.5. The van der Waals surface area contributed by atoms with Crippen molar-refractivity contribution in [2.45, 2.75) is 18.6 Å². The van der Waals surface area contributed by atoms with Crippen LogP contribution in [0.15, 0.2) is 72.8 Å². The maximum absolute atomic E-state index is 13.8. The van der Waals surface area contributed by atoms with Crippen molar-refractivity contribution in [1.82, 2.24) is 15.5 Å². The van der Waals surface area contributed by atoms with Gasteiger partial charge in [0.25, 0.3) is 0 Å². The predicted molar refractivity (Wildman–Crippen MR) is 153 cm³/mol. The molecule has 6 atom stereocenters. The van der Waals surface area contributed by atoms with Crippen molar-refractivity contribution in [2.24, 2.45) is 35.1 Å². The molecular weight excluding hydrogens is 574 g/mol. The summed E-state index contributed by atoms with van der Waals surface area (Å²) < 4.78 is 9.95. The van der Waals surface area contributed by atoms with E-state index in [4.69, 9.17) is 20.9 Å². The Morgan fingerprint density at radius 2 is 1.36 bits per heavy atom. The fourth-order valence-electron chi connectivity index (χ4n) is 5.50. The van der Waals surface area contributed by atoms with Gasteiger partial charge in [-0.2, -0.15) is 0 Å². The number of carboxylic acids is 1. The maximum Gasteiger partial charge on any atom is 0.404 e. The van der Waals surface area contributed by atoms with Crippen LogP contribution in [0.25, 0.3) is 0 Å². The van der Waals surface area contributed by atoms with Crippen molar-refractivity contribution < 1.29 is 43.3 Å². The zero-order valence-electron chi connectivity index (χ0n) is 23.5. The summed E-state index contributed by atoms with van der Waals surface area (Å²) in [6.45, 7) is -0.641. The molecule has 1 aliphatic carbocycles. The average Bonchev–Trinajstić information content (AvgIpc) is 3.01. The molecule has 5 unspecified atom stereocenters. The number of carboxylic acid groups (broad SMARTS) is 1. The second-order valence-corrected chi connectivity index (χ2v) is 10.4. The highest BCUT2D eigenvalue weighted by Crippen LogP contribution is 2.37. The van der Waals surface area contributed by atoms with E-state index in [0.717, 1.165) is 10.5 Å². The van der Waals surface area contributed by atoms with Crippen LogP contribution in [0.1, 0.15) is 17.2 Å². The number of benzene rings is 2. The van der Waals surface area contributed by atoms with E-state index in [1.165, 1.54) is 0 Å². The van der Waals surface area contributed by atoms with E-state index in [1.807, 2.05) is 6.07 Å². The first-order valence-corrected chi connectivity index (χ1v) is 13.8. The quantitative estimate of drug-likeness (QED) is 0.169. The van der Waals surface area contributed by atoms with E-state index in [9.17, 15) is 33.9 Å². The second kappa shape index (κ2) is 14.2. The minimum absolute atomic E-state index is 0.0967. The number of nitrogens with two attached hydrogens (primary N) is 2. The minimum atomic E-state index is -1.25. The van der Waals surface area contributed by atoms with Crippen molar-refractivity contribution in [2.75, 3.05) is 19.8 Å². The predicted octanol–water partition coefficient (Wildman–Crippen LogP) is 0.681. The first-order chi connectivity index (χ1) is 21.1. The van der Waals surface area contributed by atoms with Crippen molar-refractivity contribution in [1.29, 1.82) is 0 Å². The number of aliphatic carboxylic acids is 1. The first kappa shape index (κ1) is 31.5. The number of amides is 5. The van der Waals surface area contributed by atoms with E-state index in [2.05, 4.69) is 10.6 Å². The topological polar surface area (TPSA) is 220 Å². The molecule has 1 aliphatic heterocycles. The summed E-state index contributed by atoms with van der Waals surface area (Å²) in [5.41, 5.74) is 11.5. The highest BCUT2D eigenvalue weighted by atomic mass is 16.5. The number of β-lactam (4-membered cyclic amide) rings is 1. The van der Waals surface area contributed by atoms with Gasteiger partial charge in [-0.1, -0.05) is 72.8 Å². The molecule has 0 saturated carbocycles. The Kier molecular flexibility index (Phi) is 10.2. The first-order valence-electron chi connectivity index (χ1n) is 13.8. The number of nitrogens with one attached hydrogen (secondary N) is 2. The number of rotatable bonds is 12. The van der Waals surface area contributed by atoms with Crippen LogP contribution in [-0.2, 0) is 35.2 Å². The molecule has 2 aromatic rings. The van der Waals surface area contributed by atoms with Crippen LogP contribution in [-0.4, -0.2) is 71.7 Å². The van der Waals surface area contributed by atoms with E-state index >= 15 is 0 Å². The lowest BCUT2D eigenvalue weighted by Crippen LogP contribution is -2.66. The minimum Gasteiger partial charge on any atom is -0.479 e. The van der Waals surface area contributed by atoms with Crippen LogP contribution in [0.4, 0.5) is 9.59 Å². The maximum atomic E-state index is 13.8. The molecule has 0 radical (unpaired) electrons. The lowest BCUT2D eigenvalue weighted by atomic mass is 9.69. The summed E-state index contributed by atoms with van der Waals surface area (Å²) in [6.07, 6.45) is 0.955. The van der Waals surface area contributed by atoms with Crippen LogP contribution >= 0.6 is 0 Å². The molecule has 1 fully saturated rings. The van der Waals surface area contributed by atoms with Crippen molar-refractivity contribution >= 4 is 35.9 Å². The third kappa shape index (κ3) is 7.51. The standard InChI is InChI=1S/C30H33N5O9/c31-29(41)43-15-19-11-12-20(16-44-30(32)42)23(22(19)25(36)33-13-17-7-3-1-4-8-17)26(37)34-21-14-35(27(21)38)24(28(39)40)18-9-5-2-6-10-18/h1-12,19-24H,13-16H2,(H2,31,41)(H2,32,42)(H,33,36)(H,34,37)(H,39,40)/t19?,20?,21?,22?,23?,24-/m1/s1. The van der Waals surface area contributed by atoms with E-state index in [0.29, 0.717) is 5.56 Å². The largest absolute Gasteiger partial charge is 0.479 e. The number of hydrogen-bond acceptors (Lipinski definition) is 8. The van der Waals surface area contributed by atoms with Gasteiger partial charge in [-0.25, -0.2) is 14.4 Å². The number of nitrogens with zero attached hydrogens (tertiary/aromatic N) is 1. The van der Waals surface area contributed by atoms with Crippen molar-refractivity contribution in [3.8, 4) is 0 Å². The van der Waals surface area contributed by atoms with Crippen LogP contribution in [0, 0.1) is 23.7 Å². The summed E-state index contributed by atoms with van der Waals surface area (Å²) in [6, 6.07) is 14.9. The van der Waals surface area contributed by atoms with Gasteiger partial charge in [0.2, 0.25) is 17.7 Å². The average molecular weight is 608 g/mol. The van der Waals surface area contributed by atoms with Gasteiger partial charge in [0, 0.05) is 18.4 Å². The molecule has 232 valence electrons. The number of hydrogen-bond donors (Lipinski definition) is 5. The summed E-state index contributed by atoms with van der Waals surface area (Å²) >= 11 is 0. The Hall–Kier alpha value is -5.40. The van der Waals surface area contributed by atoms with Crippen molar-refractivity contribution in [3.05, 3.63) is 83.9 Å². The molecule has 4 rings (SSSR count). The summed E-state index contributed by atoms with van der Waals surface area (Å²) in [7, 11) is 0. The third-order valence-corrected chi connectivity index (χ3v) is 7.60. The fraction of sp³-hybridized carbons (Fsp3) is 0.333. The highest BCUT2D eigenvalue weighted by Gasteiger charge is 2.49. The van der Waals surface area contributed by atoms with Crippen LogP contribution < -0.4 is 22.1 Å². The molecule has 7 N–H and O–H groups in total. The van der Waals surface area contributed by atoms with Crippen molar-refractivity contribution in [3.63, 3.8) is 0 Å². The lowest BCUT2D eigenvalue weighted by Gasteiger charge is -2.44. The van der Waals surface area contributed by atoms with Gasteiger partial charge in [-0.3, -0.25) is 14.4 Å². The molecule has 14 heteroatoms. The number of carbonyl (C=O) groups is 6. The SMILES string of the molecule is NC(=O)OCC1C=CC(COC(N)=O)C(C(=O)NC2CN([C@@H](C(=O)O)c3ccccc3)C2=O)C1C(=O)NCc1ccccc1. The monoisotopic (exact) mass is 607 g/mol. The van der Waals surface area contributed by atoms with Gasteiger partial charge in [-0.05, 0) is 11.1 Å². The molecule has 1 saturated heterocycles. The van der Waals surface area contributed by atoms with Gasteiger partial charge >= 0.3 is 18.2 Å². The van der Waals surface area contributed by atoms with E-state index in [1.54, 1.807) is 66.7 Å². The normalized spacial score (nSPS) is 23.0. The third-order valence-electron chi connectivity index (χ3n) is 7.60. The lowest BCUT2D eigenvalue weighted by molar-refractivity contribution is -0.161. The molecule has 1 heterocycles. The highest BCUT2D eigenvalue weighted by molar-refractivity contribution is 5.97. The van der Waals surface area contributed by atoms with Crippen LogP contribution in [0.3, 0.4) is 0 Å². The van der Waals surface area contributed by atoms with Crippen LogP contribution in [0.5, 0.6) is 0 Å².